The lowest BCUT2D eigenvalue weighted by molar-refractivity contribution is -0.137. The van der Waals surface area contributed by atoms with Crippen LogP contribution in [0.1, 0.15) is 182 Å². The van der Waals surface area contributed by atoms with Crippen LogP contribution in [0, 0.1) is 46.3 Å². The van der Waals surface area contributed by atoms with Crippen molar-refractivity contribution in [3.63, 3.8) is 0 Å². The van der Waals surface area contributed by atoms with E-state index in [0.29, 0.717) is 40.8 Å². The van der Waals surface area contributed by atoms with E-state index in [2.05, 4.69) is 45.9 Å². The number of carbonyl (C=O) groups is 2. The van der Waals surface area contributed by atoms with Gasteiger partial charge in [0.1, 0.15) is 0 Å². The van der Waals surface area contributed by atoms with Crippen molar-refractivity contribution in [2.45, 2.75) is 182 Å². The highest BCUT2D eigenvalue weighted by Crippen LogP contribution is 2.68. The number of hydrogen-bond donors (Lipinski definition) is 1. The molecule has 3 fully saturated rings. The summed E-state index contributed by atoms with van der Waals surface area (Å²) >= 11 is 0. The Hall–Kier alpha value is -1.38. The first-order chi connectivity index (χ1) is 21.7. The summed E-state index contributed by atoms with van der Waals surface area (Å²) < 4.78 is 0. The topological polar surface area (TPSA) is 54.4 Å². The van der Waals surface area contributed by atoms with Crippen LogP contribution >= 0.6 is 0 Å². The Balaban J connectivity index is 1.15. The first-order valence-corrected chi connectivity index (χ1v) is 19.8. The van der Waals surface area contributed by atoms with Crippen molar-refractivity contribution in [3.8, 4) is 0 Å². The maximum absolute atomic E-state index is 13.3. The van der Waals surface area contributed by atoms with Crippen LogP contribution in [0.2, 0.25) is 0 Å². The van der Waals surface area contributed by atoms with Gasteiger partial charge in [-0.1, -0.05) is 97.3 Å². The SMILES string of the molecule is CCCCCCCC/C=C\CCCCCCCC(=O)C1=CC[C@@]2(C)C(CC[C@H]3[C@@H]4CC[C@H]([C@H](C)CCC(=O)O)[C@@]4(C)CC[C@@H]32)C1. The predicted molar refractivity (Wildman–Crippen MR) is 189 cm³/mol. The molecule has 0 saturated heterocycles. The van der Waals surface area contributed by atoms with Gasteiger partial charge in [0.2, 0.25) is 0 Å². The molecular weight excluding hydrogens is 552 g/mol. The largest absolute Gasteiger partial charge is 0.481 e. The molecule has 0 aromatic heterocycles. The van der Waals surface area contributed by atoms with Gasteiger partial charge < -0.3 is 5.11 Å². The monoisotopic (exact) mass is 623 g/mol. The lowest BCUT2D eigenvalue weighted by Crippen LogP contribution is -2.53. The lowest BCUT2D eigenvalue weighted by Gasteiger charge is -2.60. The second kappa shape index (κ2) is 17.7. The van der Waals surface area contributed by atoms with Crippen LogP contribution in [0.15, 0.2) is 23.8 Å². The van der Waals surface area contributed by atoms with Gasteiger partial charge in [0.05, 0.1) is 0 Å². The van der Waals surface area contributed by atoms with Crippen molar-refractivity contribution in [1.82, 2.24) is 0 Å². The van der Waals surface area contributed by atoms with Crippen molar-refractivity contribution in [2.24, 2.45) is 46.3 Å². The number of Topliss-reactive ketones (excluding diaryl/α,β-unsaturated/α-hetero) is 1. The summed E-state index contributed by atoms with van der Waals surface area (Å²) in [7, 11) is 0. The summed E-state index contributed by atoms with van der Waals surface area (Å²) in [6, 6.07) is 0. The fourth-order valence-corrected chi connectivity index (χ4v) is 11.2. The number of allylic oxidation sites excluding steroid dienone is 4. The Morgan fingerprint density at radius 3 is 2.16 bits per heavy atom. The Bertz CT molecular complexity index is 994. The average Bonchev–Trinajstić information content (AvgIpc) is 3.38. The van der Waals surface area contributed by atoms with E-state index in [1.807, 2.05) is 0 Å². The summed E-state index contributed by atoms with van der Waals surface area (Å²) in [5, 5.41) is 9.26. The first-order valence-electron chi connectivity index (χ1n) is 19.8. The minimum absolute atomic E-state index is 0.314. The maximum Gasteiger partial charge on any atom is 0.303 e. The van der Waals surface area contributed by atoms with E-state index in [-0.39, 0.29) is 0 Å². The summed E-state index contributed by atoms with van der Waals surface area (Å²) in [4.78, 5) is 24.5. The molecule has 0 aromatic carbocycles. The van der Waals surface area contributed by atoms with Crippen molar-refractivity contribution < 1.29 is 14.7 Å². The van der Waals surface area contributed by atoms with Crippen molar-refractivity contribution in [2.75, 3.05) is 0 Å². The molecule has 4 rings (SSSR count). The summed E-state index contributed by atoms with van der Waals surface area (Å²) in [5.41, 5.74) is 1.90. The molecule has 256 valence electrons. The van der Waals surface area contributed by atoms with E-state index in [4.69, 9.17) is 0 Å². The normalized spacial score (nSPS) is 33.3. The van der Waals surface area contributed by atoms with Gasteiger partial charge in [-0.3, -0.25) is 9.59 Å². The smallest absolute Gasteiger partial charge is 0.303 e. The average molecular weight is 623 g/mol. The highest BCUT2D eigenvalue weighted by atomic mass is 16.4. The van der Waals surface area contributed by atoms with E-state index < -0.39 is 5.97 Å². The Kier molecular flexibility index (Phi) is 14.3. The number of carbonyl (C=O) groups excluding carboxylic acids is 1. The molecule has 0 aromatic rings. The van der Waals surface area contributed by atoms with Gasteiger partial charge in [-0.2, -0.15) is 0 Å². The molecule has 45 heavy (non-hydrogen) atoms. The Morgan fingerprint density at radius 1 is 0.822 bits per heavy atom. The molecule has 0 bridgehead atoms. The second-order valence-corrected chi connectivity index (χ2v) is 16.7. The molecule has 4 aliphatic carbocycles. The van der Waals surface area contributed by atoms with Gasteiger partial charge in [-0.25, -0.2) is 0 Å². The summed E-state index contributed by atoms with van der Waals surface area (Å²) in [6.07, 6.45) is 36.0. The zero-order valence-electron chi connectivity index (χ0n) is 29.9. The molecular formula is C42H70O3. The van der Waals surface area contributed by atoms with Crippen molar-refractivity contribution >= 4 is 11.8 Å². The van der Waals surface area contributed by atoms with Crippen LogP contribution < -0.4 is 0 Å². The van der Waals surface area contributed by atoms with Crippen LogP contribution in [-0.2, 0) is 9.59 Å². The zero-order chi connectivity index (χ0) is 32.3. The van der Waals surface area contributed by atoms with Gasteiger partial charge in [0, 0.05) is 12.8 Å². The molecule has 4 aliphatic rings. The Labute approximate surface area is 277 Å². The summed E-state index contributed by atoms with van der Waals surface area (Å²) in [6.45, 7) is 9.76. The highest BCUT2D eigenvalue weighted by molar-refractivity contribution is 5.95. The number of aliphatic carboxylic acids is 1. The molecule has 3 heteroatoms. The number of carboxylic acids is 1. The fourth-order valence-electron chi connectivity index (χ4n) is 11.2. The molecule has 0 aliphatic heterocycles. The van der Waals surface area contributed by atoms with Crippen LogP contribution in [0.3, 0.4) is 0 Å². The third-order valence-corrected chi connectivity index (χ3v) is 13.9. The predicted octanol–water partition coefficient (Wildman–Crippen LogP) is 12.3. The fraction of sp³-hybridized carbons (Fsp3) is 0.857. The van der Waals surface area contributed by atoms with Crippen LogP contribution in [-0.4, -0.2) is 16.9 Å². The van der Waals surface area contributed by atoms with Crippen LogP contribution in [0.25, 0.3) is 0 Å². The molecule has 0 radical (unpaired) electrons. The van der Waals surface area contributed by atoms with Gasteiger partial charge >= 0.3 is 5.97 Å². The number of carboxylic acid groups (broad SMARTS) is 1. The van der Waals surface area contributed by atoms with Crippen LogP contribution in [0.5, 0.6) is 0 Å². The lowest BCUT2D eigenvalue weighted by atomic mass is 9.44. The maximum atomic E-state index is 13.3. The van der Waals surface area contributed by atoms with Gasteiger partial charge in [-0.15, -0.1) is 0 Å². The zero-order valence-corrected chi connectivity index (χ0v) is 29.9. The minimum atomic E-state index is -0.646. The van der Waals surface area contributed by atoms with E-state index in [0.717, 1.165) is 49.9 Å². The number of unbranched alkanes of at least 4 members (excludes halogenated alkanes) is 11. The molecule has 0 amide bonds. The third kappa shape index (κ3) is 9.37. The van der Waals surface area contributed by atoms with Gasteiger partial charge in [0.25, 0.3) is 0 Å². The van der Waals surface area contributed by atoms with E-state index >= 15 is 0 Å². The van der Waals surface area contributed by atoms with Gasteiger partial charge in [-0.05, 0) is 142 Å². The van der Waals surface area contributed by atoms with Crippen molar-refractivity contribution in [1.29, 1.82) is 0 Å². The third-order valence-electron chi connectivity index (χ3n) is 13.9. The number of ketones is 1. The van der Waals surface area contributed by atoms with E-state index in [9.17, 15) is 14.7 Å². The van der Waals surface area contributed by atoms with Crippen LogP contribution in [0.4, 0.5) is 0 Å². The Morgan fingerprint density at radius 2 is 1.47 bits per heavy atom. The minimum Gasteiger partial charge on any atom is -0.481 e. The molecule has 3 nitrogen and oxygen atoms in total. The van der Waals surface area contributed by atoms with Gasteiger partial charge in [0.15, 0.2) is 5.78 Å². The standard InChI is InChI=1S/C42H70O3/c1-5-6-7-8-9-10-11-12-13-14-15-16-17-18-19-20-39(43)33-27-29-41(3)34(31-33)22-23-35-37-25-24-36(32(2)21-26-40(44)45)42(37,4)30-28-38(35)41/h12-13,27,32,34-38H,5-11,14-26,28-31H2,1-4H3,(H,44,45)/b13-12-/t32-,34?,35+,36-,37+,38+,41+,42-/m1/s1. The van der Waals surface area contributed by atoms with Crippen molar-refractivity contribution in [3.05, 3.63) is 23.8 Å². The van der Waals surface area contributed by atoms with E-state index in [1.165, 1.54) is 121 Å². The molecule has 1 unspecified atom stereocenters. The quantitative estimate of drug-likeness (QED) is 0.109. The number of fused-ring (bicyclic) bond motifs is 5. The molecule has 0 heterocycles. The molecule has 0 spiro atoms. The second-order valence-electron chi connectivity index (χ2n) is 16.7. The molecule has 3 saturated carbocycles. The highest BCUT2D eigenvalue weighted by Gasteiger charge is 2.60. The number of rotatable bonds is 20. The number of hydrogen-bond acceptors (Lipinski definition) is 2. The molecule has 1 N–H and O–H groups in total. The first kappa shape index (κ1) is 36.5. The summed E-state index contributed by atoms with van der Waals surface area (Å²) in [5.74, 6) is 4.08. The molecule has 8 atom stereocenters. The van der Waals surface area contributed by atoms with E-state index in [1.54, 1.807) is 0 Å².